The summed E-state index contributed by atoms with van der Waals surface area (Å²) in [4.78, 5) is 26.7. The van der Waals surface area contributed by atoms with Crippen molar-refractivity contribution in [2.24, 2.45) is 0 Å². The largest absolute Gasteiger partial charge is 0.462 e. The number of aryl methyl sites for hydroxylation is 1. The zero-order chi connectivity index (χ0) is 11.7. The van der Waals surface area contributed by atoms with Gasteiger partial charge in [-0.1, -0.05) is 0 Å². The molecule has 0 saturated carbocycles. The molecule has 0 spiro atoms. The Kier molecular flexibility index (Phi) is 2.47. The summed E-state index contributed by atoms with van der Waals surface area (Å²) >= 11 is 0. The molecule has 2 rings (SSSR count). The quantitative estimate of drug-likeness (QED) is 0.749. The van der Waals surface area contributed by atoms with Crippen LogP contribution in [-0.2, 0) is 4.74 Å². The molecule has 2 aromatic heterocycles. The van der Waals surface area contributed by atoms with Gasteiger partial charge in [-0.25, -0.2) is 14.3 Å². The second-order valence-corrected chi connectivity index (χ2v) is 3.29. The van der Waals surface area contributed by atoms with Crippen LogP contribution in [0.2, 0.25) is 0 Å². The van der Waals surface area contributed by atoms with Crippen LogP contribution < -0.4 is 5.56 Å². The Bertz CT molecular complexity index is 597. The molecule has 16 heavy (non-hydrogen) atoms. The van der Waals surface area contributed by atoms with Crippen LogP contribution in [0.15, 0.2) is 17.1 Å². The van der Waals surface area contributed by atoms with E-state index in [9.17, 15) is 9.59 Å². The highest BCUT2D eigenvalue weighted by molar-refractivity contribution is 5.90. The van der Waals surface area contributed by atoms with Crippen molar-refractivity contribution in [3.05, 3.63) is 33.9 Å². The van der Waals surface area contributed by atoms with E-state index in [-0.39, 0.29) is 5.56 Å². The number of aromatic nitrogens is 3. The van der Waals surface area contributed by atoms with Crippen molar-refractivity contribution >= 4 is 11.6 Å². The van der Waals surface area contributed by atoms with Gasteiger partial charge in [0.25, 0.3) is 5.56 Å². The Morgan fingerprint density at radius 3 is 3.06 bits per heavy atom. The number of hydrogen-bond donors (Lipinski definition) is 1. The molecule has 0 saturated heterocycles. The number of hydrogen-bond acceptors (Lipinski definition) is 4. The lowest BCUT2D eigenvalue weighted by atomic mass is 10.2. The Morgan fingerprint density at radius 2 is 2.38 bits per heavy atom. The van der Waals surface area contributed by atoms with Gasteiger partial charge in [0.15, 0.2) is 5.65 Å². The van der Waals surface area contributed by atoms with Gasteiger partial charge in [0.2, 0.25) is 0 Å². The van der Waals surface area contributed by atoms with E-state index in [0.29, 0.717) is 23.5 Å². The molecule has 0 radical (unpaired) electrons. The third-order valence-electron chi connectivity index (χ3n) is 2.26. The molecule has 0 aromatic carbocycles. The second kappa shape index (κ2) is 3.80. The molecule has 1 N–H and O–H groups in total. The van der Waals surface area contributed by atoms with Crippen molar-refractivity contribution in [3.63, 3.8) is 0 Å². The number of aromatic amines is 1. The fourth-order valence-corrected chi connectivity index (χ4v) is 1.49. The maximum absolute atomic E-state index is 11.5. The van der Waals surface area contributed by atoms with Crippen molar-refractivity contribution < 1.29 is 9.53 Å². The van der Waals surface area contributed by atoms with E-state index in [1.165, 1.54) is 16.8 Å². The summed E-state index contributed by atoms with van der Waals surface area (Å²) in [5, 5.41) is 2.55. The molecule has 0 aliphatic heterocycles. The van der Waals surface area contributed by atoms with Gasteiger partial charge in [-0.05, 0) is 13.8 Å². The van der Waals surface area contributed by atoms with Crippen molar-refractivity contribution in [1.82, 2.24) is 14.6 Å². The highest BCUT2D eigenvalue weighted by Gasteiger charge is 2.13. The number of fused-ring (bicyclic) bond motifs is 1. The van der Waals surface area contributed by atoms with Crippen LogP contribution in [0, 0.1) is 6.92 Å². The van der Waals surface area contributed by atoms with E-state index in [1.807, 2.05) is 0 Å². The topological polar surface area (TPSA) is 76.5 Å². The Morgan fingerprint density at radius 1 is 1.62 bits per heavy atom. The number of esters is 1. The van der Waals surface area contributed by atoms with Gasteiger partial charge in [0, 0.05) is 12.3 Å². The van der Waals surface area contributed by atoms with Crippen molar-refractivity contribution in [1.29, 1.82) is 0 Å². The van der Waals surface area contributed by atoms with E-state index in [4.69, 9.17) is 4.74 Å². The lowest BCUT2D eigenvalue weighted by molar-refractivity contribution is 0.0524. The van der Waals surface area contributed by atoms with Crippen molar-refractivity contribution in [3.8, 4) is 0 Å². The van der Waals surface area contributed by atoms with E-state index >= 15 is 0 Å². The van der Waals surface area contributed by atoms with Gasteiger partial charge in [0.05, 0.1) is 17.9 Å². The minimum Gasteiger partial charge on any atom is -0.462 e. The maximum Gasteiger partial charge on any atom is 0.341 e. The fraction of sp³-hybridized carbons (Fsp3) is 0.300. The summed E-state index contributed by atoms with van der Waals surface area (Å²) < 4.78 is 6.35. The highest BCUT2D eigenvalue weighted by atomic mass is 16.5. The zero-order valence-corrected chi connectivity index (χ0v) is 8.98. The molecule has 0 aliphatic carbocycles. The van der Waals surface area contributed by atoms with Gasteiger partial charge in [0.1, 0.15) is 0 Å². The van der Waals surface area contributed by atoms with Crippen LogP contribution in [0.1, 0.15) is 23.0 Å². The number of carbonyl (C=O) groups excluding carboxylic acids is 1. The predicted molar refractivity (Wildman–Crippen MR) is 56.5 cm³/mol. The summed E-state index contributed by atoms with van der Waals surface area (Å²) in [5.74, 6) is -0.441. The first-order valence-electron chi connectivity index (χ1n) is 4.88. The minimum absolute atomic E-state index is 0.253. The van der Waals surface area contributed by atoms with Crippen LogP contribution >= 0.6 is 0 Å². The number of nitrogens with zero attached hydrogens (tertiary/aromatic N) is 2. The standard InChI is InChI=1S/C10H11N3O3/c1-3-16-10(15)7-5-11-8-4-9(14)12-13(8)6(7)2/h4-5H,3H2,1-2H3,(H,12,14). The Hall–Kier alpha value is -2.11. The summed E-state index contributed by atoms with van der Waals surface area (Å²) in [6.45, 7) is 3.76. The molecule has 0 aliphatic rings. The third-order valence-corrected chi connectivity index (χ3v) is 2.26. The predicted octanol–water partition coefficient (Wildman–Crippen LogP) is 0.508. The fourth-order valence-electron chi connectivity index (χ4n) is 1.49. The van der Waals surface area contributed by atoms with Gasteiger partial charge in [-0.2, -0.15) is 0 Å². The summed E-state index contributed by atoms with van der Waals surface area (Å²) in [6, 6.07) is 1.36. The molecule has 6 heteroatoms. The molecule has 0 fully saturated rings. The minimum atomic E-state index is -0.441. The molecule has 2 aromatic rings. The van der Waals surface area contributed by atoms with Crippen molar-refractivity contribution in [2.45, 2.75) is 13.8 Å². The molecular weight excluding hydrogens is 210 g/mol. The highest BCUT2D eigenvalue weighted by Crippen LogP contribution is 2.08. The average molecular weight is 221 g/mol. The monoisotopic (exact) mass is 221 g/mol. The number of ether oxygens (including phenoxy) is 1. The molecular formula is C10H11N3O3. The summed E-state index contributed by atoms with van der Waals surface area (Å²) in [6.07, 6.45) is 1.41. The van der Waals surface area contributed by atoms with Gasteiger partial charge in [-0.15, -0.1) is 0 Å². The molecule has 2 heterocycles. The van der Waals surface area contributed by atoms with E-state index < -0.39 is 5.97 Å². The smallest absolute Gasteiger partial charge is 0.341 e. The molecule has 6 nitrogen and oxygen atoms in total. The van der Waals surface area contributed by atoms with Crippen LogP contribution in [0.4, 0.5) is 0 Å². The summed E-state index contributed by atoms with van der Waals surface area (Å²) in [5.41, 5.74) is 1.18. The van der Waals surface area contributed by atoms with Crippen molar-refractivity contribution in [2.75, 3.05) is 6.61 Å². The van der Waals surface area contributed by atoms with Crippen LogP contribution in [0.5, 0.6) is 0 Å². The normalized spacial score (nSPS) is 10.6. The number of H-pyrrole nitrogens is 1. The van der Waals surface area contributed by atoms with E-state index in [1.54, 1.807) is 13.8 Å². The maximum atomic E-state index is 11.5. The summed E-state index contributed by atoms with van der Waals surface area (Å²) in [7, 11) is 0. The SMILES string of the molecule is CCOC(=O)c1cnc2cc(=O)[nH]n2c1C. The first-order valence-corrected chi connectivity index (χ1v) is 4.88. The molecule has 84 valence electrons. The third kappa shape index (κ3) is 1.58. The number of carbonyl (C=O) groups is 1. The molecule has 0 bridgehead atoms. The Balaban J connectivity index is 2.60. The first-order chi connectivity index (χ1) is 7.63. The lowest BCUT2D eigenvalue weighted by Gasteiger charge is -2.06. The average Bonchev–Trinajstić information content (AvgIpc) is 2.60. The van der Waals surface area contributed by atoms with Gasteiger partial charge >= 0.3 is 5.97 Å². The van der Waals surface area contributed by atoms with Crippen LogP contribution in [0.25, 0.3) is 5.65 Å². The molecule has 0 amide bonds. The zero-order valence-electron chi connectivity index (χ0n) is 8.98. The van der Waals surface area contributed by atoms with Gasteiger partial charge in [-0.3, -0.25) is 9.89 Å². The molecule has 0 atom stereocenters. The van der Waals surface area contributed by atoms with Gasteiger partial charge < -0.3 is 4.74 Å². The second-order valence-electron chi connectivity index (χ2n) is 3.29. The van der Waals surface area contributed by atoms with Crippen LogP contribution in [0.3, 0.4) is 0 Å². The van der Waals surface area contributed by atoms with E-state index in [0.717, 1.165) is 0 Å². The van der Waals surface area contributed by atoms with Crippen LogP contribution in [-0.4, -0.2) is 27.2 Å². The number of rotatable bonds is 2. The number of nitrogens with one attached hydrogen (secondary N) is 1. The van der Waals surface area contributed by atoms with E-state index in [2.05, 4.69) is 10.1 Å². The lowest BCUT2D eigenvalue weighted by Crippen LogP contribution is -2.11. The Labute approximate surface area is 90.9 Å². The first kappa shape index (κ1) is 10.4. The molecule has 0 unspecified atom stereocenters.